The smallest absolute Gasteiger partial charge is 0.243 e. The standard InChI is InChI=1S/C25H29N3O4/c1-31-14-13-26-25(30)23-15-20(32-19-7-3-2-4-8-19)17-28(23)24(29)12-11-18-16-27-22-10-6-5-9-21(18)22/h2-10,16,20,23,27H,11-15,17H2,1H3,(H,26,30)/t20-,23-/m0/s1. The number of methoxy groups -OCH3 is 1. The zero-order chi connectivity index (χ0) is 22.3. The molecule has 2 amide bonds. The minimum absolute atomic E-state index is 0.0404. The quantitative estimate of drug-likeness (QED) is 0.506. The molecule has 4 rings (SSSR count). The monoisotopic (exact) mass is 435 g/mol. The number of H-pyrrole nitrogens is 1. The molecule has 1 aromatic heterocycles. The molecular weight excluding hydrogens is 406 g/mol. The number of rotatable bonds is 9. The Labute approximate surface area is 187 Å². The lowest BCUT2D eigenvalue weighted by Crippen LogP contribution is -2.46. The van der Waals surface area contributed by atoms with Gasteiger partial charge in [0, 0.05) is 43.6 Å². The number of para-hydroxylation sites is 2. The molecule has 1 aliphatic heterocycles. The van der Waals surface area contributed by atoms with Crippen molar-refractivity contribution >= 4 is 22.7 Å². The van der Waals surface area contributed by atoms with Gasteiger partial charge in [0.05, 0.1) is 13.2 Å². The third-order valence-electron chi connectivity index (χ3n) is 5.82. The van der Waals surface area contributed by atoms with Gasteiger partial charge in [0.25, 0.3) is 0 Å². The van der Waals surface area contributed by atoms with E-state index in [1.165, 1.54) is 0 Å². The van der Waals surface area contributed by atoms with Crippen LogP contribution in [0.2, 0.25) is 0 Å². The van der Waals surface area contributed by atoms with E-state index in [-0.39, 0.29) is 17.9 Å². The number of aromatic amines is 1. The van der Waals surface area contributed by atoms with E-state index in [2.05, 4.69) is 16.4 Å². The van der Waals surface area contributed by atoms with Crippen LogP contribution in [-0.2, 0) is 20.7 Å². The van der Waals surface area contributed by atoms with Crippen LogP contribution in [0.15, 0.2) is 60.8 Å². The fraction of sp³-hybridized carbons (Fsp3) is 0.360. The lowest BCUT2D eigenvalue weighted by atomic mass is 10.1. The summed E-state index contributed by atoms with van der Waals surface area (Å²) in [6.45, 7) is 1.23. The number of nitrogens with zero attached hydrogens (tertiary/aromatic N) is 1. The number of likely N-dealkylation sites (tertiary alicyclic amines) is 1. The first-order chi connectivity index (χ1) is 15.7. The summed E-state index contributed by atoms with van der Waals surface area (Å²) in [5.41, 5.74) is 2.16. The molecule has 0 spiro atoms. The van der Waals surface area contributed by atoms with E-state index in [1.54, 1.807) is 12.0 Å². The average molecular weight is 436 g/mol. The largest absolute Gasteiger partial charge is 0.488 e. The number of carbonyl (C=O) groups is 2. The summed E-state index contributed by atoms with van der Waals surface area (Å²) < 4.78 is 11.1. The van der Waals surface area contributed by atoms with E-state index in [9.17, 15) is 9.59 Å². The van der Waals surface area contributed by atoms with Gasteiger partial charge in [-0.25, -0.2) is 0 Å². The van der Waals surface area contributed by atoms with Crippen molar-refractivity contribution < 1.29 is 19.1 Å². The Morgan fingerprint density at radius 3 is 2.72 bits per heavy atom. The molecule has 168 valence electrons. The molecule has 1 aliphatic rings. The number of carbonyl (C=O) groups excluding carboxylic acids is 2. The number of amides is 2. The van der Waals surface area contributed by atoms with Crippen LogP contribution in [0.1, 0.15) is 18.4 Å². The Bertz CT molecular complexity index is 1050. The van der Waals surface area contributed by atoms with Crippen molar-refractivity contribution in [2.45, 2.75) is 31.4 Å². The lowest BCUT2D eigenvalue weighted by Gasteiger charge is -2.23. The number of benzene rings is 2. The number of aromatic nitrogens is 1. The van der Waals surface area contributed by atoms with Gasteiger partial charge in [-0.1, -0.05) is 36.4 Å². The summed E-state index contributed by atoms with van der Waals surface area (Å²) in [5.74, 6) is 0.534. The average Bonchev–Trinajstić information content (AvgIpc) is 3.43. The molecule has 3 aromatic rings. The van der Waals surface area contributed by atoms with Gasteiger partial charge in [0.2, 0.25) is 11.8 Å². The lowest BCUT2D eigenvalue weighted by molar-refractivity contribution is -0.138. The summed E-state index contributed by atoms with van der Waals surface area (Å²) in [6.07, 6.45) is 3.14. The van der Waals surface area contributed by atoms with Crippen LogP contribution in [0, 0.1) is 0 Å². The van der Waals surface area contributed by atoms with Gasteiger partial charge in [-0.3, -0.25) is 9.59 Å². The first kappa shape index (κ1) is 21.9. The first-order valence-electron chi connectivity index (χ1n) is 11.0. The molecule has 7 heteroatoms. The molecule has 0 saturated carbocycles. The van der Waals surface area contributed by atoms with E-state index in [0.29, 0.717) is 39.0 Å². The number of aryl methyl sites for hydroxylation is 1. The highest BCUT2D eigenvalue weighted by molar-refractivity contribution is 5.89. The Hall–Kier alpha value is -3.32. The second kappa shape index (κ2) is 10.3. The van der Waals surface area contributed by atoms with Crippen LogP contribution in [0.25, 0.3) is 10.9 Å². The van der Waals surface area contributed by atoms with Crippen molar-refractivity contribution in [3.05, 3.63) is 66.4 Å². The zero-order valence-corrected chi connectivity index (χ0v) is 18.3. The van der Waals surface area contributed by atoms with Gasteiger partial charge >= 0.3 is 0 Å². The molecule has 7 nitrogen and oxygen atoms in total. The van der Waals surface area contributed by atoms with Crippen LogP contribution >= 0.6 is 0 Å². The topological polar surface area (TPSA) is 83.7 Å². The predicted octanol–water partition coefficient (Wildman–Crippen LogP) is 2.91. The van der Waals surface area contributed by atoms with Gasteiger partial charge in [-0.05, 0) is 30.2 Å². The Morgan fingerprint density at radius 2 is 1.91 bits per heavy atom. The van der Waals surface area contributed by atoms with Gasteiger partial charge in [0.15, 0.2) is 0 Å². The summed E-state index contributed by atoms with van der Waals surface area (Å²) in [5, 5.41) is 4.00. The molecule has 0 aliphatic carbocycles. The molecule has 2 atom stereocenters. The SMILES string of the molecule is COCCNC(=O)[C@@H]1C[C@H](Oc2ccccc2)CN1C(=O)CCc1c[nH]c2ccccc12. The maximum atomic E-state index is 13.2. The molecule has 0 unspecified atom stereocenters. The Morgan fingerprint density at radius 1 is 1.12 bits per heavy atom. The Kier molecular flexibility index (Phi) is 7.07. The molecule has 32 heavy (non-hydrogen) atoms. The summed E-state index contributed by atoms with van der Waals surface area (Å²) >= 11 is 0. The molecule has 1 saturated heterocycles. The van der Waals surface area contributed by atoms with E-state index < -0.39 is 6.04 Å². The van der Waals surface area contributed by atoms with E-state index in [1.807, 2.05) is 54.7 Å². The van der Waals surface area contributed by atoms with Crippen LogP contribution in [0.4, 0.5) is 0 Å². The summed E-state index contributed by atoms with van der Waals surface area (Å²) in [6, 6.07) is 17.0. The van der Waals surface area contributed by atoms with Crippen LogP contribution in [-0.4, -0.2) is 60.7 Å². The van der Waals surface area contributed by atoms with Crippen LogP contribution < -0.4 is 10.1 Å². The molecule has 2 N–H and O–H groups in total. The van der Waals surface area contributed by atoms with Crippen molar-refractivity contribution in [1.29, 1.82) is 0 Å². The van der Waals surface area contributed by atoms with Crippen molar-refractivity contribution in [1.82, 2.24) is 15.2 Å². The summed E-state index contributed by atoms with van der Waals surface area (Å²) in [7, 11) is 1.59. The van der Waals surface area contributed by atoms with Gasteiger partial charge < -0.3 is 24.7 Å². The fourth-order valence-corrected chi connectivity index (χ4v) is 4.22. The van der Waals surface area contributed by atoms with Crippen LogP contribution in [0.5, 0.6) is 5.75 Å². The normalized spacial score (nSPS) is 18.1. The number of hydrogen-bond donors (Lipinski definition) is 2. The van der Waals surface area contributed by atoms with E-state index >= 15 is 0 Å². The third kappa shape index (κ3) is 5.11. The molecule has 2 aromatic carbocycles. The molecule has 1 fully saturated rings. The van der Waals surface area contributed by atoms with Gasteiger partial charge in [-0.15, -0.1) is 0 Å². The zero-order valence-electron chi connectivity index (χ0n) is 18.3. The number of ether oxygens (including phenoxy) is 2. The molecule has 0 bridgehead atoms. The first-order valence-corrected chi connectivity index (χ1v) is 11.0. The maximum Gasteiger partial charge on any atom is 0.243 e. The fourth-order valence-electron chi connectivity index (χ4n) is 4.22. The van der Waals surface area contributed by atoms with Crippen molar-refractivity contribution in [2.75, 3.05) is 26.8 Å². The van der Waals surface area contributed by atoms with E-state index in [4.69, 9.17) is 9.47 Å². The Balaban J connectivity index is 1.43. The third-order valence-corrected chi connectivity index (χ3v) is 5.82. The molecule has 0 radical (unpaired) electrons. The summed E-state index contributed by atoms with van der Waals surface area (Å²) in [4.78, 5) is 30.9. The van der Waals surface area contributed by atoms with E-state index in [0.717, 1.165) is 22.2 Å². The van der Waals surface area contributed by atoms with Gasteiger partial charge in [-0.2, -0.15) is 0 Å². The molecular formula is C25H29N3O4. The molecule has 2 heterocycles. The maximum absolute atomic E-state index is 13.2. The minimum atomic E-state index is -0.545. The highest BCUT2D eigenvalue weighted by atomic mass is 16.5. The van der Waals surface area contributed by atoms with Crippen molar-refractivity contribution in [3.63, 3.8) is 0 Å². The highest BCUT2D eigenvalue weighted by Crippen LogP contribution is 2.25. The van der Waals surface area contributed by atoms with Crippen LogP contribution in [0.3, 0.4) is 0 Å². The minimum Gasteiger partial charge on any atom is -0.488 e. The van der Waals surface area contributed by atoms with Gasteiger partial charge in [0.1, 0.15) is 17.9 Å². The second-order valence-corrected chi connectivity index (χ2v) is 7.99. The van der Waals surface area contributed by atoms with Crippen molar-refractivity contribution in [3.8, 4) is 5.75 Å². The number of nitrogens with one attached hydrogen (secondary N) is 2. The highest BCUT2D eigenvalue weighted by Gasteiger charge is 2.40. The van der Waals surface area contributed by atoms with Crippen molar-refractivity contribution in [2.24, 2.45) is 0 Å². The second-order valence-electron chi connectivity index (χ2n) is 7.99. The predicted molar refractivity (Wildman–Crippen MR) is 122 cm³/mol. The number of fused-ring (bicyclic) bond motifs is 1. The number of hydrogen-bond acceptors (Lipinski definition) is 4.